The number of hydrogen-bond acceptors (Lipinski definition) is 1. The zero-order chi connectivity index (χ0) is 17.4. The van der Waals surface area contributed by atoms with Crippen molar-refractivity contribution in [2.75, 3.05) is 0 Å². The van der Waals surface area contributed by atoms with E-state index in [4.69, 9.17) is 23.3 Å². The van der Waals surface area contributed by atoms with Gasteiger partial charge in [0, 0.05) is 0 Å². The fraction of sp³-hybridized carbons (Fsp3) is 0.538. The monoisotopic (exact) mass is 317 g/mol. The summed E-state index contributed by atoms with van der Waals surface area (Å²) in [5.41, 5.74) is 0. The van der Waals surface area contributed by atoms with Crippen molar-refractivity contribution in [2.24, 2.45) is 0 Å². The van der Waals surface area contributed by atoms with Gasteiger partial charge < -0.3 is 0 Å². The van der Waals surface area contributed by atoms with E-state index in [9.17, 15) is 0 Å². The summed E-state index contributed by atoms with van der Waals surface area (Å²) in [6.07, 6.45) is 6.97. The molecule has 1 rings (SSSR count). The molecule has 0 saturated heterocycles. The Labute approximate surface area is 127 Å². The molecule has 0 aliphatic heterocycles. The Morgan fingerprint density at radius 3 is 1.35 bits per heavy atom. The molecule has 0 spiro atoms. The molecule has 0 aromatic heterocycles. The normalized spacial score (nSPS) is 10.9. The molecular formula is C13H15CrNO5. The van der Waals surface area contributed by atoms with Crippen LogP contribution in [0.5, 0.6) is 0 Å². The van der Waals surface area contributed by atoms with Crippen LogP contribution >= 0.6 is 0 Å². The SMILES string of the molecule is C[C](=[Cr])NC1CCCCC1.[C-]#[O+].[C-]#[O+].[C-]#[O+].[C-]#[O+].[C-]#[O+]. The fourth-order valence-electron chi connectivity index (χ4n) is 1.53. The second-order valence-corrected chi connectivity index (χ2v) is 3.99. The van der Waals surface area contributed by atoms with Crippen LogP contribution in [0.2, 0.25) is 0 Å². The standard InChI is InChI=1S/C8H15N.5CO.Cr/c1-2-9-8-6-4-3-5-7-8;5*1-2;/h8-9H,3-7H2,1H3;;;;;;. The first-order chi connectivity index (χ1) is 9.79. The Morgan fingerprint density at radius 1 is 0.800 bits per heavy atom. The molecule has 7 heteroatoms. The minimum atomic E-state index is 0.759. The second kappa shape index (κ2) is 43.0. The van der Waals surface area contributed by atoms with E-state index in [0.29, 0.717) is 0 Å². The average Bonchev–Trinajstić information content (AvgIpc) is 2.57. The first-order valence-corrected chi connectivity index (χ1v) is 5.72. The van der Waals surface area contributed by atoms with Gasteiger partial charge in [-0.2, -0.15) is 0 Å². The van der Waals surface area contributed by atoms with E-state index in [1.54, 1.807) is 0 Å². The van der Waals surface area contributed by atoms with Gasteiger partial charge >= 0.3 is 127 Å². The summed E-state index contributed by atoms with van der Waals surface area (Å²) in [4.78, 5) is 0. The molecule has 0 atom stereocenters. The summed E-state index contributed by atoms with van der Waals surface area (Å²) in [5, 5.41) is 3.44. The van der Waals surface area contributed by atoms with E-state index < -0.39 is 0 Å². The van der Waals surface area contributed by atoms with Crippen molar-refractivity contribution in [3.8, 4) is 0 Å². The van der Waals surface area contributed by atoms with E-state index in [1.165, 1.54) is 36.6 Å². The summed E-state index contributed by atoms with van der Waals surface area (Å²) >= 11 is 2.99. The van der Waals surface area contributed by atoms with Crippen molar-refractivity contribution >= 4 is 4.50 Å². The van der Waals surface area contributed by atoms with E-state index in [1.807, 2.05) is 0 Å². The third kappa shape index (κ3) is 36.0. The topological polar surface area (TPSA) is 112 Å². The van der Waals surface area contributed by atoms with Gasteiger partial charge in [0.2, 0.25) is 0 Å². The summed E-state index contributed by atoms with van der Waals surface area (Å²) in [6.45, 7) is 24.6. The van der Waals surface area contributed by atoms with Gasteiger partial charge in [-0.25, -0.2) is 0 Å². The van der Waals surface area contributed by atoms with Crippen molar-refractivity contribution < 1.29 is 39.1 Å². The maximum absolute atomic E-state index is 7.50. The molecule has 6 nitrogen and oxygen atoms in total. The Morgan fingerprint density at radius 2 is 1.10 bits per heavy atom. The van der Waals surface area contributed by atoms with Crippen molar-refractivity contribution in [1.29, 1.82) is 0 Å². The molecule has 0 aromatic rings. The maximum atomic E-state index is 7.50. The van der Waals surface area contributed by atoms with Crippen LogP contribution in [-0.2, 0) is 39.1 Å². The number of hydrogen-bond donors (Lipinski definition) is 1. The van der Waals surface area contributed by atoms with Gasteiger partial charge in [-0.3, -0.25) is 0 Å². The molecule has 0 aromatic carbocycles. The molecule has 1 saturated carbocycles. The van der Waals surface area contributed by atoms with Gasteiger partial charge in [0.25, 0.3) is 0 Å². The fourth-order valence-corrected chi connectivity index (χ4v) is 1.79. The Kier molecular flexibility index (Phi) is 67.6. The molecule has 1 N–H and O–H groups in total. The Balaban J connectivity index is -0.0000000639. The Hall–Kier alpha value is -0.938. The molecule has 1 fully saturated rings. The van der Waals surface area contributed by atoms with Crippen molar-refractivity contribution in [2.45, 2.75) is 45.1 Å². The predicted octanol–water partition coefficient (Wildman–Crippen LogP) is 1.42. The van der Waals surface area contributed by atoms with Crippen LogP contribution in [0.15, 0.2) is 0 Å². The average molecular weight is 317 g/mol. The molecule has 0 unspecified atom stereocenters. The third-order valence-electron chi connectivity index (χ3n) is 2.01. The van der Waals surface area contributed by atoms with E-state index in [-0.39, 0.29) is 0 Å². The molecule has 20 heavy (non-hydrogen) atoms. The molecule has 0 bridgehead atoms. The summed E-state index contributed by atoms with van der Waals surface area (Å²) in [7, 11) is 0. The quantitative estimate of drug-likeness (QED) is 0.602. The zero-order valence-corrected chi connectivity index (χ0v) is 12.3. The van der Waals surface area contributed by atoms with Crippen molar-refractivity contribution in [1.82, 2.24) is 5.32 Å². The first-order valence-electron chi connectivity index (χ1n) is 5.08. The van der Waals surface area contributed by atoms with Crippen molar-refractivity contribution in [3.05, 3.63) is 33.3 Å². The first kappa shape index (κ1) is 31.4. The van der Waals surface area contributed by atoms with Gasteiger partial charge in [0.05, 0.1) is 0 Å². The molecule has 108 valence electrons. The van der Waals surface area contributed by atoms with Crippen LogP contribution in [0.4, 0.5) is 0 Å². The molecule has 0 heterocycles. The van der Waals surface area contributed by atoms with Crippen LogP contribution in [-0.4, -0.2) is 10.5 Å². The molecule has 1 aliphatic carbocycles. The summed E-state index contributed by atoms with van der Waals surface area (Å²) in [6, 6.07) is 0.759. The van der Waals surface area contributed by atoms with Gasteiger partial charge in [-0.05, 0) is 0 Å². The predicted molar refractivity (Wildman–Crippen MR) is 60.3 cm³/mol. The van der Waals surface area contributed by atoms with Gasteiger partial charge in [-0.1, -0.05) is 0 Å². The van der Waals surface area contributed by atoms with Crippen LogP contribution in [0.1, 0.15) is 39.0 Å². The number of rotatable bonds is 2. The minimum absolute atomic E-state index is 0.759. The van der Waals surface area contributed by atoms with Gasteiger partial charge in [-0.15, -0.1) is 0 Å². The van der Waals surface area contributed by atoms with Crippen LogP contribution in [0, 0.1) is 33.3 Å². The van der Waals surface area contributed by atoms with Crippen molar-refractivity contribution in [3.63, 3.8) is 0 Å². The van der Waals surface area contributed by atoms with E-state index >= 15 is 0 Å². The third-order valence-corrected chi connectivity index (χ3v) is 2.20. The second-order valence-electron chi connectivity index (χ2n) is 3.04. The molecule has 0 amide bonds. The Bertz CT molecular complexity index is 253. The van der Waals surface area contributed by atoms with Crippen LogP contribution < -0.4 is 5.32 Å². The molecular weight excluding hydrogens is 302 g/mol. The van der Waals surface area contributed by atoms with Crippen LogP contribution in [0.25, 0.3) is 0 Å². The number of nitrogens with one attached hydrogen (secondary N) is 1. The molecule has 0 radical (unpaired) electrons. The zero-order valence-electron chi connectivity index (χ0n) is 11.1. The summed E-state index contributed by atoms with van der Waals surface area (Å²) in [5.74, 6) is 0. The van der Waals surface area contributed by atoms with Gasteiger partial charge in [0.1, 0.15) is 0 Å². The summed E-state index contributed by atoms with van der Waals surface area (Å²) < 4.78 is 38.7. The molecule has 1 aliphatic rings. The van der Waals surface area contributed by atoms with E-state index in [0.717, 1.165) is 6.04 Å². The van der Waals surface area contributed by atoms with Gasteiger partial charge in [0.15, 0.2) is 0 Å². The van der Waals surface area contributed by atoms with Crippen LogP contribution in [0.3, 0.4) is 0 Å². The van der Waals surface area contributed by atoms with E-state index in [2.05, 4.69) is 61.3 Å².